The van der Waals surface area contributed by atoms with Gasteiger partial charge in [-0.3, -0.25) is 0 Å². The minimum absolute atomic E-state index is 0.0876. The third kappa shape index (κ3) is 4.67. The highest BCUT2D eigenvalue weighted by atomic mass is 32.2. The Kier molecular flexibility index (Phi) is 5.42. The number of hydrogen-bond acceptors (Lipinski definition) is 3. The first kappa shape index (κ1) is 19.0. The second kappa shape index (κ2) is 7.43. The van der Waals surface area contributed by atoms with Gasteiger partial charge in [-0.15, -0.1) is 11.8 Å². The number of rotatable bonds is 7. The molecule has 2 nitrogen and oxygen atoms in total. The molecular weight excluding hydrogens is 361 g/mol. The van der Waals surface area contributed by atoms with E-state index in [1.165, 1.54) is 12.1 Å². The van der Waals surface area contributed by atoms with E-state index < -0.39 is 11.7 Å². The summed E-state index contributed by atoms with van der Waals surface area (Å²) >= 11 is 1.74. The monoisotopic (exact) mass is 380 g/mol. The molecule has 2 radical (unpaired) electrons. The molecule has 0 N–H and O–H groups in total. The van der Waals surface area contributed by atoms with E-state index >= 15 is 0 Å². The fourth-order valence-corrected chi connectivity index (χ4v) is 3.83. The molecule has 0 heterocycles. The molecule has 0 unspecified atom stereocenters. The standard InChI is InChI=1S/C20H19F3O2S/c1-14-11-17(7-8-18(14)24-2)26-13-19(9-10-19)12-25-16-5-3-15(4-6-16)20(21,22)23/h2-8,11H,9-10,12-13H2,1H3. The molecule has 2 aromatic rings. The number of aryl methyl sites for hydroxylation is 1. The van der Waals surface area contributed by atoms with Crippen LogP contribution >= 0.6 is 11.8 Å². The molecule has 26 heavy (non-hydrogen) atoms. The quantitative estimate of drug-likeness (QED) is 0.548. The van der Waals surface area contributed by atoms with Crippen molar-refractivity contribution in [1.82, 2.24) is 0 Å². The third-order valence-corrected chi connectivity index (χ3v) is 5.85. The molecule has 1 aliphatic rings. The number of halogens is 3. The van der Waals surface area contributed by atoms with Crippen LogP contribution in [0.1, 0.15) is 24.0 Å². The smallest absolute Gasteiger partial charge is 0.416 e. The highest BCUT2D eigenvalue weighted by Gasteiger charge is 2.43. The summed E-state index contributed by atoms with van der Waals surface area (Å²) in [5.41, 5.74) is 0.398. The second-order valence-corrected chi connectivity index (χ2v) is 7.69. The van der Waals surface area contributed by atoms with Gasteiger partial charge >= 0.3 is 6.18 Å². The zero-order valence-electron chi connectivity index (χ0n) is 14.3. The molecule has 0 atom stereocenters. The Morgan fingerprint density at radius 2 is 1.81 bits per heavy atom. The van der Waals surface area contributed by atoms with Gasteiger partial charge in [0.25, 0.3) is 0 Å². The molecule has 2 aromatic carbocycles. The van der Waals surface area contributed by atoms with Crippen molar-refractivity contribution in [2.45, 2.75) is 30.8 Å². The summed E-state index contributed by atoms with van der Waals surface area (Å²) in [4.78, 5) is 1.13. The van der Waals surface area contributed by atoms with Crippen molar-refractivity contribution < 1.29 is 22.6 Å². The van der Waals surface area contributed by atoms with E-state index in [1.807, 2.05) is 25.1 Å². The van der Waals surface area contributed by atoms with Crippen molar-refractivity contribution in [2.24, 2.45) is 5.41 Å². The maximum Gasteiger partial charge on any atom is 0.416 e. The molecule has 1 fully saturated rings. The van der Waals surface area contributed by atoms with Crippen molar-refractivity contribution in [3.8, 4) is 11.5 Å². The Morgan fingerprint density at radius 1 is 1.12 bits per heavy atom. The van der Waals surface area contributed by atoms with Gasteiger partial charge < -0.3 is 9.47 Å². The van der Waals surface area contributed by atoms with Gasteiger partial charge in [0.2, 0.25) is 0 Å². The Bertz CT molecular complexity index is 753. The molecule has 6 heteroatoms. The molecule has 0 saturated heterocycles. The highest BCUT2D eigenvalue weighted by Crippen LogP contribution is 2.49. The molecule has 0 aliphatic heterocycles. The van der Waals surface area contributed by atoms with Crippen LogP contribution < -0.4 is 9.47 Å². The lowest BCUT2D eigenvalue weighted by Gasteiger charge is -2.17. The number of benzene rings is 2. The van der Waals surface area contributed by atoms with Crippen LogP contribution in [0.25, 0.3) is 0 Å². The van der Waals surface area contributed by atoms with Crippen LogP contribution in [0.4, 0.5) is 13.2 Å². The molecular formula is C20H19F3O2S. The van der Waals surface area contributed by atoms with Crippen molar-refractivity contribution in [2.75, 3.05) is 12.4 Å². The molecule has 0 bridgehead atoms. The normalized spacial score (nSPS) is 15.6. The summed E-state index contributed by atoms with van der Waals surface area (Å²) in [5.74, 6) is 2.02. The lowest BCUT2D eigenvalue weighted by Crippen LogP contribution is -2.16. The van der Waals surface area contributed by atoms with Crippen molar-refractivity contribution in [3.63, 3.8) is 0 Å². The molecule has 1 saturated carbocycles. The zero-order chi connectivity index (χ0) is 18.8. The minimum atomic E-state index is -4.32. The van der Waals surface area contributed by atoms with Gasteiger partial charge in [-0.1, -0.05) is 0 Å². The van der Waals surface area contributed by atoms with Crippen LogP contribution in [0.5, 0.6) is 11.5 Å². The van der Waals surface area contributed by atoms with E-state index in [9.17, 15) is 13.2 Å². The van der Waals surface area contributed by atoms with E-state index in [0.29, 0.717) is 18.1 Å². The fourth-order valence-electron chi connectivity index (χ4n) is 2.56. The fraction of sp³-hybridized carbons (Fsp3) is 0.350. The van der Waals surface area contributed by atoms with Gasteiger partial charge in [0, 0.05) is 16.1 Å². The van der Waals surface area contributed by atoms with Crippen LogP contribution in [0.2, 0.25) is 0 Å². The number of hydrogen-bond donors (Lipinski definition) is 0. The van der Waals surface area contributed by atoms with Crippen molar-refractivity contribution >= 4 is 11.8 Å². The lowest BCUT2D eigenvalue weighted by molar-refractivity contribution is -0.137. The Morgan fingerprint density at radius 3 is 2.35 bits per heavy atom. The average molecular weight is 380 g/mol. The van der Waals surface area contributed by atoms with Crippen LogP contribution in [0, 0.1) is 19.4 Å². The molecule has 138 valence electrons. The number of alkyl halides is 3. The first-order valence-corrected chi connectivity index (χ1v) is 9.20. The van der Waals surface area contributed by atoms with E-state index in [4.69, 9.17) is 16.6 Å². The second-order valence-electron chi connectivity index (χ2n) is 6.64. The Balaban J connectivity index is 1.53. The van der Waals surface area contributed by atoms with Gasteiger partial charge in [0.1, 0.15) is 11.5 Å². The summed E-state index contributed by atoms with van der Waals surface area (Å²) in [6.45, 7) is 2.45. The summed E-state index contributed by atoms with van der Waals surface area (Å²) in [6, 6.07) is 10.7. The maximum atomic E-state index is 12.6. The van der Waals surface area contributed by atoms with Gasteiger partial charge in [-0.25, -0.2) is 0 Å². The van der Waals surface area contributed by atoms with Crippen molar-refractivity contribution in [3.05, 3.63) is 60.7 Å². The number of ether oxygens (including phenoxy) is 2. The molecule has 3 rings (SSSR count). The molecule has 0 aromatic heterocycles. The Hall–Kier alpha value is -1.82. The summed E-state index contributed by atoms with van der Waals surface area (Å²) < 4.78 is 48.3. The summed E-state index contributed by atoms with van der Waals surface area (Å²) in [7, 11) is 5.20. The number of thioether (sulfide) groups is 1. The Labute approximate surface area is 155 Å². The summed E-state index contributed by atoms with van der Waals surface area (Å²) in [5, 5.41) is 0. The van der Waals surface area contributed by atoms with E-state index in [0.717, 1.165) is 41.2 Å². The van der Waals surface area contributed by atoms with Gasteiger partial charge in [0.15, 0.2) is 7.11 Å². The van der Waals surface area contributed by atoms with Gasteiger partial charge in [0.05, 0.1) is 12.2 Å². The highest BCUT2D eigenvalue weighted by molar-refractivity contribution is 7.99. The van der Waals surface area contributed by atoms with Crippen LogP contribution in [0.3, 0.4) is 0 Å². The van der Waals surface area contributed by atoms with Gasteiger partial charge in [-0.05, 0) is 67.8 Å². The summed E-state index contributed by atoms with van der Waals surface area (Å²) in [6.07, 6.45) is -2.21. The zero-order valence-corrected chi connectivity index (χ0v) is 15.1. The SMILES string of the molecule is [CH]Oc1ccc(SCC2(COc3ccc(C(F)(F)F)cc3)CC2)cc1C. The van der Waals surface area contributed by atoms with Crippen LogP contribution in [-0.2, 0) is 6.18 Å². The van der Waals surface area contributed by atoms with Crippen molar-refractivity contribution in [1.29, 1.82) is 0 Å². The lowest BCUT2D eigenvalue weighted by atomic mass is 10.1. The van der Waals surface area contributed by atoms with E-state index in [2.05, 4.69) is 0 Å². The van der Waals surface area contributed by atoms with E-state index in [1.54, 1.807) is 11.8 Å². The molecule has 0 amide bonds. The van der Waals surface area contributed by atoms with Crippen LogP contribution in [-0.4, -0.2) is 12.4 Å². The van der Waals surface area contributed by atoms with Gasteiger partial charge in [-0.2, -0.15) is 13.2 Å². The predicted molar refractivity (Wildman–Crippen MR) is 95.4 cm³/mol. The average Bonchev–Trinajstić information content (AvgIpc) is 3.38. The molecule has 1 aliphatic carbocycles. The topological polar surface area (TPSA) is 18.5 Å². The van der Waals surface area contributed by atoms with Crippen LogP contribution in [0.15, 0.2) is 47.4 Å². The van der Waals surface area contributed by atoms with E-state index in [-0.39, 0.29) is 5.41 Å². The first-order valence-electron chi connectivity index (χ1n) is 8.22. The minimum Gasteiger partial charge on any atom is -0.493 e. The molecule has 0 spiro atoms. The predicted octanol–water partition coefficient (Wildman–Crippen LogP) is 6.01. The third-order valence-electron chi connectivity index (χ3n) is 4.50. The largest absolute Gasteiger partial charge is 0.493 e. The maximum absolute atomic E-state index is 12.6. The first-order chi connectivity index (χ1) is 12.3.